The van der Waals surface area contributed by atoms with Crippen LogP contribution in [-0.4, -0.2) is 35.3 Å². The van der Waals surface area contributed by atoms with E-state index in [2.05, 4.69) is 54.6 Å². The molecule has 124 valence electrons. The van der Waals surface area contributed by atoms with Crippen LogP contribution >= 0.6 is 0 Å². The van der Waals surface area contributed by atoms with Gasteiger partial charge >= 0.3 is 0 Å². The molecular weight excluding hydrogens is 298 g/mol. The normalized spacial score (nSPS) is 11.0. The lowest BCUT2D eigenvalue weighted by Crippen LogP contribution is -2.18. The Morgan fingerprint density at radius 3 is 2.29 bits per heavy atom. The van der Waals surface area contributed by atoms with Crippen molar-refractivity contribution in [1.29, 1.82) is 0 Å². The molecule has 0 spiro atoms. The third-order valence-electron chi connectivity index (χ3n) is 3.81. The SMILES string of the molecule is CN(C)CCn1cc(-c2ccccc2)c(OCc2ccccc2)n1. The van der Waals surface area contributed by atoms with Crippen molar-refractivity contribution in [1.82, 2.24) is 14.7 Å². The highest BCUT2D eigenvalue weighted by Crippen LogP contribution is 2.29. The number of rotatable bonds is 7. The van der Waals surface area contributed by atoms with Crippen molar-refractivity contribution in [2.24, 2.45) is 0 Å². The van der Waals surface area contributed by atoms with Gasteiger partial charge in [-0.1, -0.05) is 60.7 Å². The summed E-state index contributed by atoms with van der Waals surface area (Å²) in [6.45, 7) is 2.29. The molecule has 0 amide bonds. The van der Waals surface area contributed by atoms with Gasteiger partial charge in [-0.2, -0.15) is 0 Å². The number of aromatic nitrogens is 2. The first kappa shape index (κ1) is 16.3. The summed E-state index contributed by atoms with van der Waals surface area (Å²) in [5.41, 5.74) is 3.29. The van der Waals surface area contributed by atoms with Gasteiger partial charge in [0.1, 0.15) is 6.61 Å². The Labute approximate surface area is 143 Å². The van der Waals surface area contributed by atoms with E-state index < -0.39 is 0 Å². The van der Waals surface area contributed by atoms with Crippen LogP contribution in [0.2, 0.25) is 0 Å². The average molecular weight is 321 g/mol. The second kappa shape index (κ2) is 7.79. The van der Waals surface area contributed by atoms with Crippen LogP contribution < -0.4 is 4.74 Å². The smallest absolute Gasteiger partial charge is 0.241 e. The number of benzene rings is 2. The molecule has 24 heavy (non-hydrogen) atoms. The summed E-state index contributed by atoms with van der Waals surface area (Å²) < 4.78 is 7.98. The quantitative estimate of drug-likeness (QED) is 0.665. The molecule has 3 aromatic rings. The Morgan fingerprint density at radius 1 is 0.958 bits per heavy atom. The molecule has 0 unspecified atom stereocenters. The highest BCUT2D eigenvalue weighted by molar-refractivity contribution is 5.67. The van der Waals surface area contributed by atoms with E-state index in [1.165, 1.54) is 0 Å². The maximum atomic E-state index is 6.02. The van der Waals surface area contributed by atoms with Crippen molar-refractivity contribution in [3.05, 3.63) is 72.4 Å². The Bertz CT molecular complexity index is 751. The van der Waals surface area contributed by atoms with E-state index in [0.29, 0.717) is 12.5 Å². The van der Waals surface area contributed by atoms with Crippen LogP contribution in [0.25, 0.3) is 11.1 Å². The summed E-state index contributed by atoms with van der Waals surface area (Å²) in [5.74, 6) is 0.684. The minimum absolute atomic E-state index is 0.519. The van der Waals surface area contributed by atoms with Gasteiger partial charge < -0.3 is 9.64 Å². The van der Waals surface area contributed by atoms with E-state index in [4.69, 9.17) is 4.74 Å². The van der Waals surface area contributed by atoms with Gasteiger partial charge in [0.2, 0.25) is 5.88 Å². The van der Waals surface area contributed by atoms with Crippen molar-refractivity contribution in [2.45, 2.75) is 13.2 Å². The Hall–Kier alpha value is -2.59. The average Bonchev–Trinajstić information content (AvgIpc) is 3.03. The van der Waals surface area contributed by atoms with E-state index >= 15 is 0 Å². The molecule has 0 radical (unpaired) electrons. The summed E-state index contributed by atoms with van der Waals surface area (Å²) in [7, 11) is 4.13. The fraction of sp³-hybridized carbons (Fsp3) is 0.250. The van der Waals surface area contributed by atoms with Crippen LogP contribution in [0.1, 0.15) is 5.56 Å². The van der Waals surface area contributed by atoms with Gasteiger partial charge in [0, 0.05) is 12.7 Å². The minimum atomic E-state index is 0.519. The largest absolute Gasteiger partial charge is 0.471 e. The van der Waals surface area contributed by atoms with Gasteiger partial charge in [-0.15, -0.1) is 5.10 Å². The Morgan fingerprint density at radius 2 is 1.62 bits per heavy atom. The number of ether oxygens (including phenoxy) is 1. The van der Waals surface area contributed by atoms with E-state index in [1.54, 1.807) is 0 Å². The van der Waals surface area contributed by atoms with Gasteiger partial charge in [-0.05, 0) is 25.2 Å². The first-order valence-corrected chi connectivity index (χ1v) is 8.17. The van der Waals surface area contributed by atoms with Crippen LogP contribution in [0.4, 0.5) is 0 Å². The molecule has 2 aromatic carbocycles. The number of likely N-dealkylation sites (N-methyl/N-ethyl adjacent to an activating group) is 1. The molecule has 4 nitrogen and oxygen atoms in total. The summed E-state index contributed by atoms with van der Waals surface area (Å²) in [5, 5.41) is 4.64. The van der Waals surface area contributed by atoms with E-state index in [9.17, 15) is 0 Å². The summed E-state index contributed by atoms with van der Waals surface area (Å²) >= 11 is 0. The highest BCUT2D eigenvalue weighted by Gasteiger charge is 2.12. The van der Waals surface area contributed by atoms with Gasteiger partial charge in [0.05, 0.1) is 12.1 Å². The molecule has 0 N–H and O–H groups in total. The van der Waals surface area contributed by atoms with Crippen molar-refractivity contribution < 1.29 is 4.74 Å². The second-order valence-electron chi connectivity index (χ2n) is 6.05. The lowest BCUT2D eigenvalue weighted by atomic mass is 10.1. The molecule has 4 heteroatoms. The highest BCUT2D eigenvalue weighted by atomic mass is 16.5. The summed E-state index contributed by atoms with van der Waals surface area (Å²) in [6, 6.07) is 20.4. The summed E-state index contributed by atoms with van der Waals surface area (Å²) in [6.07, 6.45) is 2.07. The van der Waals surface area contributed by atoms with Gasteiger partial charge in [0.25, 0.3) is 0 Å². The number of hydrogen-bond donors (Lipinski definition) is 0. The fourth-order valence-electron chi connectivity index (χ4n) is 2.47. The standard InChI is InChI=1S/C20H23N3O/c1-22(2)13-14-23-15-19(18-11-7-4-8-12-18)20(21-23)24-16-17-9-5-3-6-10-17/h3-12,15H,13-14,16H2,1-2H3. The molecule has 0 aliphatic carbocycles. The Balaban J connectivity index is 1.82. The maximum Gasteiger partial charge on any atom is 0.241 e. The predicted molar refractivity (Wildman–Crippen MR) is 97.0 cm³/mol. The molecule has 0 atom stereocenters. The zero-order valence-electron chi connectivity index (χ0n) is 14.2. The van der Waals surface area contributed by atoms with Crippen LogP contribution in [0.5, 0.6) is 5.88 Å². The third kappa shape index (κ3) is 4.24. The van der Waals surface area contributed by atoms with Crippen LogP contribution in [0, 0.1) is 0 Å². The molecule has 1 heterocycles. The van der Waals surface area contributed by atoms with Crippen molar-refractivity contribution in [3.63, 3.8) is 0 Å². The zero-order chi connectivity index (χ0) is 16.8. The van der Waals surface area contributed by atoms with Crippen molar-refractivity contribution in [3.8, 4) is 17.0 Å². The molecule has 1 aromatic heterocycles. The molecular formula is C20H23N3O. The third-order valence-corrected chi connectivity index (χ3v) is 3.81. The summed E-state index contributed by atoms with van der Waals surface area (Å²) in [4.78, 5) is 2.15. The van der Waals surface area contributed by atoms with Gasteiger partial charge in [0.15, 0.2) is 0 Å². The molecule has 0 aliphatic heterocycles. The number of nitrogens with zero attached hydrogens (tertiary/aromatic N) is 3. The van der Waals surface area contributed by atoms with E-state index in [1.807, 2.05) is 41.1 Å². The molecule has 0 saturated carbocycles. The lowest BCUT2D eigenvalue weighted by Gasteiger charge is -2.08. The van der Waals surface area contributed by atoms with Crippen LogP contribution in [0.15, 0.2) is 66.9 Å². The van der Waals surface area contributed by atoms with Crippen molar-refractivity contribution >= 4 is 0 Å². The minimum Gasteiger partial charge on any atom is -0.471 e. The molecule has 3 rings (SSSR count). The molecule has 0 fully saturated rings. The molecule has 0 aliphatic rings. The van der Waals surface area contributed by atoms with Crippen molar-refractivity contribution in [2.75, 3.05) is 20.6 Å². The van der Waals surface area contributed by atoms with Crippen LogP contribution in [-0.2, 0) is 13.2 Å². The fourth-order valence-corrected chi connectivity index (χ4v) is 2.47. The first-order chi connectivity index (χ1) is 11.7. The number of hydrogen-bond acceptors (Lipinski definition) is 3. The molecule has 0 saturated heterocycles. The van der Waals surface area contributed by atoms with Gasteiger partial charge in [-0.25, -0.2) is 0 Å². The lowest BCUT2D eigenvalue weighted by molar-refractivity contribution is 0.288. The predicted octanol–water partition coefficient (Wildman–Crippen LogP) is 3.69. The first-order valence-electron chi connectivity index (χ1n) is 8.17. The second-order valence-corrected chi connectivity index (χ2v) is 6.05. The van der Waals surface area contributed by atoms with Gasteiger partial charge in [-0.3, -0.25) is 4.68 Å². The van der Waals surface area contributed by atoms with E-state index in [0.717, 1.165) is 29.8 Å². The molecule has 0 bridgehead atoms. The Kier molecular flexibility index (Phi) is 5.29. The zero-order valence-corrected chi connectivity index (χ0v) is 14.2. The maximum absolute atomic E-state index is 6.02. The van der Waals surface area contributed by atoms with Crippen LogP contribution in [0.3, 0.4) is 0 Å². The topological polar surface area (TPSA) is 30.3 Å². The van der Waals surface area contributed by atoms with E-state index in [-0.39, 0.29) is 0 Å². The monoisotopic (exact) mass is 321 g/mol.